The molecule has 2 nitrogen and oxygen atoms in total. The third-order valence-corrected chi connectivity index (χ3v) is 5.51. The van der Waals surface area contributed by atoms with E-state index in [1.807, 2.05) is 31.3 Å². The first-order chi connectivity index (χ1) is 12.3. The molecule has 3 rings (SSSR count). The molecule has 0 saturated carbocycles. The lowest BCUT2D eigenvalue weighted by Crippen LogP contribution is -2.34. The van der Waals surface area contributed by atoms with E-state index in [9.17, 15) is 4.79 Å². The number of hydrogen-bond donors (Lipinski definition) is 0. The van der Waals surface area contributed by atoms with E-state index < -0.39 is 0 Å². The van der Waals surface area contributed by atoms with Crippen LogP contribution in [0, 0.1) is 0 Å². The number of halogens is 4. The van der Waals surface area contributed by atoms with Gasteiger partial charge in [-0.25, -0.2) is 0 Å². The fourth-order valence-electron chi connectivity index (χ4n) is 2.82. The third-order valence-electron chi connectivity index (χ3n) is 4.03. The topological polar surface area (TPSA) is 20.3 Å². The summed E-state index contributed by atoms with van der Waals surface area (Å²) in [7, 11) is 1.97. The highest BCUT2D eigenvalue weighted by molar-refractivity contribution is 6.42. The van der Waals surface area contributed by atoms with Gasteiger partial charge in [0.25, 0.3) is 0 Å². The third kappa shape index (κ3) is 4.51. The molecule has 0 unspecified atom stereocenters. The van der Waals surface area contributed by atoms with Crippen molar-refractivity contribution in [3.05, 3.63) is 78.8 Å². The number of benzene rings is 2. The van der Waals surface area contributed by atoms with E-state index >= 15 is 0 Å². The van der Waals surface area contributed by atoms with Crippen molar-refractivity contribution in [3.63, 3.8) is 0 Å². The van der Waals surface area contributed by atoms with E-state index in [-0.39, 0.29) is 5.78 Å². The molecule has 0 bridgehead atoms. The molecule has 0 radical (unpaired) electrons. The van der Waals surface area contributed by atoms with Crippen LogP contribution in [0.5, 0.6) is 0 Å². The first-order valence-electron chi connectivity index (χ1n) is 7.88. The molecule has 1 aliphatic heterocycles. The molecule has 0 N–H and O–H groups in total. The van der Waals surface area contributed by atoms with Crippen molar-refractivity contribution in [2.75, 3.05) is 20.1 Å². The number of hydrogen-bond acceptors (Lipinski definition) is 2. The number of Topliss-reactive ketones (excluding diaryl/α,β-unsaturated/α-hetero) is 1. The van der Waals surface area contributed by atoms with Crippen LogP contribution in [0.4, 0.5) is 0 Å². The van der Waals surface area contributed by atoms with E-state index in [1.54, 1.807) is 24.3 Å². The Hall–Kier alpha value is -1.29. The Morgan fingerprint density at radius 2 is 1.19 bits per heavy atom. The standard InChI is InChI=1S/C20H15Cl4NO/c1-25-10-14(6-12-2-4-16(21)18(23)8-12)20(26)15(11-25)7-13-3-5-17(22)19(24)9-13/h2-9H,10-11H2,1H3/b14-6+,15-7+. The molecule has 0 aliphatic carbocycles. The summed E-state index contributed by atoms with van der Waals surface area (Å²) in [6.07, 6.45) is 3.70. The molecule has 2 aromatic rings. The fourth-order valence-corrected chi connectivity index (χ4v) is 3.43. The smallest absolute Gasteiger partial charge is 0.187 e. The lowest BCUT2D eigenvalue weighted by atomic mass is 9.94. The van der Waals surface area contributed by atoms with Crippen LogP contribution in [0.2, 0.25) is 20.1 Å². The van der Waals surface area contributed by atoms with Gasteiger partial charge in [-0.1, -0.05) is 58.5 Å². The minimum Gasteiger partial charge on any atom is -0.298 e. The second-order valence-electron chi connectivity index (χ2n) is 6.19. The maximum atomic E-state index is 12.9. The number of carbonyl (C=O) groups excluding carboxylic acids is 1. The molecule has 1 saturated heterocycles. The van der Waals surface area contributed by atoms with Crippen molar-refractivity contribution in [1.82, 2.24) is 4.90 Å². The predicted octanol–water partition coefficient (Wildman–Crippen LogP) is 6.28. The van der Waals surface area contributed by atoms with E-state index in [0.29, 0.717) is 44.3 Å². The second kappa shape index (κ2) is 8.16. The summed E-state index contributed by atoms with van der Waals surface area (Å²) in [6, 6.07) is 10.6. The molecule has 1 fully saturated rings. The van der Waals surface area contributed by atoms with Crippen LogP contribution in [0.3, 0.4) is 0 Å². The van der Waals surface area contributed by atoms with Crippen molar-refractivity contribution in [1.29, 1.82) is 0 Å². The number of ketones is 1. The molecule has 1 heterocycles. The van der Waals surface area contributed by atoms with E-state index in [1.165, 1.54) is 0 Å². The van der Waals surface area contributed by atoms with Crippen LogP contribution in [0.25, 0.3) is 12.2 Å². The average Bonchev–Trinajstić information content (AvgIpc) is 2.58. The minimum absolute atomic E-state index is 0.0141. The molecule has 134 valence electrons. The largest absolute Gasteiger partial charge is 0.298 e. The Morgan fingerprint density at radius 3 is 1.58 bits per heavy atom. The molecular formula is C20H15Cl4NO. The van der Waals surface area contributed by atoms with Gasteiger partial charge in [0.15, 0.2) is 5.78 Å². The average molecular weight is 427 g/mol. The number of likely N-dealkylation sites (N-methyl/N-ethyl adjacent to an activating group) is 1. The lowest BCUT2D eigenvalue weighted by Gasteiger charge is -2.26. The fraction of sp³-hybridized carbons (Fsp3) is 0.150. The van der Waals surface area contributed by atoms with Crippen molar-refractivity contribution >= 4 is 64.3 Å². The zero-order valence-electron chi connectivity index (χ0n) is 13.9. The molecule has 2 aromatic carbocycles. The molecule has 6 heteroatoms. The Balaban J connectivity index is 1.94. The van der Waals surface area contributed by atoms with Crippen LogP contribution in [-0.2, 0) is 4.79 Å². The highest BCUT2D eigenvalue weighted by Crippen LogP contribution is 2.27. The summed E-state index contributed by atoms with van der Waals surface area (Å²) in [5, 5.41) is 1.90. The maximum Gasteiger partial charge on any atom is 0.187 e. The van der Waals surface area contributed by atoms with Gasteiger partial charge >= 0.3 is 0 Å². The summed E-state index contributed by atoms with van der Waals surface area (Å²) in [5.41, 5.74) is 3.07. The Morgan fingerprint density at radius 1 is 0.769 bits per heavy atom. The molecular weight excluding hydrogens is 412 g/mol. The number of likely N-dealkylation sites (tertiary alicyclic amines) is 1. The van der Waals surface area contributed by atoms with Crippen LogP contribution < -0.4 is 0 Å². The van der Waals surface area contributed by atoms with Gasteiger partial charge in [0.05, 0.1) is 20.1 Å². The zero-order chi connectivity index (χ0) is 18.8. The number of piperidine rings is 1. The highest BCUT2D eigenvalue weighted by Gasteiger charge is 2.24. The summed E-state index contributed by atoms with van der Waals surface area (Å²) in [6.45, 7) is 1.13. The Bertz CT molecular complexity index is 860. The summed E-state index contributed by atoms with van der Waals surface area (Å²) in [5.74, 6) is 0.0141. The molecule has 0 aromatic heterocycles. The molecule has 26 heavy (non-hydrogen) atoms. The van der Waals surface area contributed by atoms with Gasteiger partial charge in [-0.15, -0.1) is 0 Å². The SMILES string of the molecule is CN1C/C(=C\c2ccc(Cl)c(Cl)c2)C(=O)/C(=C/c2ccc(Cl)c(Cl)c2)C1. The highest BCUT2D eigenvalue weighted by atomic mass is 35.5. The number of rotatable bonds is 2. The predicted molar refractivity (Wildman–Crippen MR) is 111 cm³/mol. The van der Waals surface area contributed by atoms with Gasteiger partial charge in [-0.2, -0.15) is 0 Å². The van der Waals surface area contributed by atoms with Crippen LogP contribution in [0.15, 0.2) is 47.5 Å². The van der Waals surface area contributed by atoms with Crippen molar-refractivity contribution in [2.24, 2.45) is 0 Å². The number of nitrogens with zero attached hydrogens (tertiary/aromatic N) is 1. The van der Waals surface area contributed by atoms with Crippen molar-refractivity contribution in [2.45, 2.75) is 0 Å². The van der Waals surface area contributed by atoms with Crippen molar-refractivity contribution in [3.8, 4) is 0 Å². The Labute approximate surface area is 172 Å². The van der Waals surface area contributed by atoms with Gasteiger partial charge < -0.3 is 0 Å². The van der Waals surface area contributed by atoms with Gasteiger partial charge in [-0.05, 0) is 54.6 Å². The van der Waals surface area contributed by atoms with Crippen molar-refractivity contribution < 1.29 is 4.79 Å². The van der Waals surface area contributed by atoms with Crippen LogP contribution in [0.1, 0.15) is 11.1 Å². The number of carbonyl (C=O) groups is 1. The van der Waals surface area contributed by atoms with Crippen LogP contribution >= 0.6 is 46.4 Å². The first kappa shape index (κ1) is 19.5. The summed E-state index contributed by atoms with van der Waals surface area (Å²) < 4.78 is 0. The Kier molecular flexibility index (Phi) is 6.11. The normalized spacial score (nSPS) is 18.7. The first-order valence-corrected chi connectivity index (χ1v) is 9.39. The lowest BCUT2D eigenvalue weighted by molar-refractivity contribution is -0.113. The maximum absolute atomic E-state index is 12.9. The molecule has 0 atom stereocenters. The monoisotopic (exact) mass is 425 g/mol. The quantitative estimate of drug-likeness (QED) is 0.526. The van der Waals surface area contributed by atoms with Gasteiger partial charge in [-0.3, -0.25) is 9.69 Å². The van der Waals surface area contributed by atoms with E-state index in [2.05, 4.69) is 4.90 Å². The van der Waals surface area contributed by atoms with Gasteiger partial charge in [0.2, 0.25) is 0 Å². The van der Waals surface area contributed by atoms with Gasteiger partial charge in [0.1, 0.15) is 0 Å². The summed E-state index contributed by atoms with van der Waals surface area (Å²) in [4.78, 5) is 15.0. The van der Waals surface area contributed by atoms with Gasteiger partial charge in [0, 0.05) is 24.2 Å². The van der Waals surface area contributed by atoms with E-state index in [4.69, 9.17) is 46.4 Å². The van der Waals surface area contributed by atoms with Crippen LogP contribution in [-0.4, -0.2) is 30.8 Å². The minimum atomic E-state index is 0.0141. The molecule has 0 amide bonds. The molecule has 0 spiro atoms. The summed E-state index contributed by atoms with van der Waals surface area (Å²) >= 11 is 24.0. The molecule has 1 aliphatic rings. The second-order valence-corrected chi connectivity index (χ2v) is 7.82. The zero-order valence-corrected chi connectivity index (χ0v) is 16.9. The van der Waals surface area contributed by atoms with E-state index in [0.717, 1.165) is 11.1 Å².